The molecule has 64 valence electrons. The van der Waals surface area contributed by atoms with Crippen molar-refractivity contribution >= 4 is 5.91 Å². The molecule has 0 bridgehead atoms. The maximum atomic E-state index is 10.8. The number of aliphatic hydroxyl groups excluding tert-OH is 1. The Balaban J connectivity index is 3.15. The summed E-state index contributed by atoms with van der Waals surface area (Å²) in [5, 5.41) is 10.9. The highest BCUT2D eigenvalue weighted by Gasteiger charge is 1.97. The van der Waals surface area contributed by atoms with Gasteiger partial charge in [-0.2, -0.15) is 0 Å². The van der Waals surface area contributed by atoms with Gasteiger partial charge in [-0.25, -0.2) is 0 Å². The van der Waals surface area contributed by atoms with E-state index in [2.05, 4.69) is 11.9 Å². The molecular weight excluding hydrogens is 142 g/mol. The number of rotatable bonds is 6. The van der Waals surface area contributed by atoms with Crippen molar-refractivity contribution in [2.24, 2.45) is 0 Å². The predicted molar refractivity (Wildman–Crippen MR) is 44.1 cm³/mol. The summed E-state index contributed by atoms with van der Waals surface area (Å²) in [6.07, 6.45) is 4.01. The summed E-state index contributed by atoms with van der Waals surface area (Å²) in [7, 11) is 0. The van der Waals surface area contributed by atoms with E-state index >= 15 is 0 Å². The Morgan fingerprint density at radius 3 is 2.91 bits per heavy atom. The van der Waals surface area contributed by atoms with Crippen molar-refractivity contribution in [3.05, 3.63) is 12.7 Å². The number of carbonyl (C=O) groups excluding carboxylic acids is 1. The smallest absolute Gasteiger partial charge is 0.220 e. The molecule has 0 saturated heterocycles. The zero-order valence-electron chi connectivity index (χ0n) is 6.68. The lowest BCUT2D eigenvalue weighted by molar-refractivity contribution is -0.121. The van der Waals surface area contributed by atoms with Gasteiger partial charge in [0, 0.05) is 13.0 Å². The molecule has 0 atom stereocenters. The van der Waals surface area contributed by atoms with Crippen LogP contribution >= 0.6 is 0 Å². The summed E-state index contributed by atoms with van der Waals surface area (Å²) in [5.41, 5.74) is 0. The number of hydrogen-bond acceptors (Lipinski definition) is 2. The number of allylic oxidation sites excluding steroid dienone is 1. The average molecular weight is 157 g/mol. The fourth-order valence-electron chi connectivity index (χ4n) is 0.691. The minimum absolute atomic E-state index is 0.000833. The van der Waals surface area contributed by atoms with Crippen LogP contribution in [-0.4, -0.2) is 24.2 Å². The van der Waals surface area contributed by atoms with Crippen molar-refractivity contribution in [2.75, 3.05) is 13.2 Å². The zero-order chi connectivity index (χ0) is 8.53. The van der Waals surface area contributed by atoms with Gasteiger partial charge in [-0.15, -0.1) is 6.58 Å². The summed E-state index contributed by atoms with van der Waals surface area (Å²) >= 11 is 0. The van der Waals surface area contributed by atoms with Crippen molar-refractivity contribution in [2.45, 2.75) is 19.3 Å². The van der Waals surface area contributed by atoms with Crippen molar-refractivity contribution < 1.29 is 9.90 Å². The lowest BCUT2D eigenvalue weighted by Gasteiger charge is -2.00. The summed E-state index contributed by atoms with van der Waals surface area (Å²) in [5.74, 6) is 0.000833. The minimum Gasteiger partial charge on any atom is -0.395 e. The van der Waals surface area contributed by atoms with E-state index in [1.165, 1.54) is 0 Å². The van der Waals surface area contributed by atoms with E-state index in [0.29, 0.717) is 13.0 Å². The van der Waals surface area contributed by atoms with E-state index < -0.39 is 0 Å². The molecule has 2 N–H and O–H groups in total. The van der Waals surface area contributed by atoms with Crippen molar-refractivity contribution in [1.82, 2.24) is 5.32 Å². The SMILES string of the molecule is C=CCCCC(=O)NCCO. The maximum Gasteiger partial charge on any atom is 0.220 e. The Morgan fingerprint density at radius 2 is 2.36 bits per heavy atom. The van der Waals surface area contributed by atoms with Gasteiger partial charge in [0.05, 0.1) is 6.61 Å². The van der Waals surface area contributed by atoms with E-state index in [0.717, 1.165) is 12.8 Å². The molecule has 11 heavy (non-hydrogen) atoms. The van der Waals surface area contributed by atoms with Crippen LogP contribution in [0.4, 0.5) is 0 Å². The van der Waals surface area contributed by atoms with E-state index in [9.17, 15) is 4.79 Å². The van der Waals surface area contributed by atoms with E-state index in [1.807, 2.05) is 0 Å². The first-order valence-corrected chi connectivity index (χ1v) is 3.79. The standard InChI is InChI=1S/C8H15NO2/c1-2-3-4-5-8(11)9-6-7-10/h2,10H,1,3-7H2,(H,9,11). The molecule has 0 unspecified atom stereocenters. The molecule has 3 nitrogen and oxygen atoms in total. The Kier molecular flexibility index (Phi) is 6.73. The number of nitrogens with one attached hydrogen (secondary N) is 1. The van der Waals surface area contributed by atoms with Crippen LogP contribution in [0.3, 0.4) is 0 Å². The van der Waals surface area contributed by atoms with Gasteiger partial charge in [0.25, 0.3) is 0 Å². The molecule has 0 aromatic heterocycles. The monoisotopic (exact) mass is 157 g/mol. The third-order valence-corrected chi connectivity index (χ3v) is 1.25. The van der Waals surface area contributed by atoms with Gasteiger partial charge in [0.1, 0.15) is 0 Å². The van der Waals surface area contributed by atoms with Gasteiger partial charge in [-0.1, -0.05) is 6.08 Å². The number of hydrogen-bond donors (Lipinski definition) is 2. The van der Waals surface area contributed by atoms with Crippen LogP contribution in [0.1, 0.15) is 19.3 Å². The van der Waals surface area contributed by atoms with E-state index in [-0.39, 0.29) is 12.5 Å². The van der Waals surface area contributed by atoms with Gasteiger partial charge in [0.15, 0.2) is 0 Å². The highest BCUT2D eigenvalue weighted by atomic mass is 16.3. The van der Waals surface area contributed by atoms with Gasteiger partial charge in [-0.3, -0.25) is 4.79 Å². The van der Waals surface area contributed by atoms with Crippen molar-refractivity contribution in [1.29, 1.82) is 0 Å². The van der Waals surface area contributed by atoms with Crippen LogP contribution in [0.25, 0.3) is 0 Å². The molecule has 3 heteroatoms. The Morgan fingerprint density at radius 1 is 1.64 bits per heavy atom. The number of carbonyl (C=O) groups is 1. The molecule has 0 aromatic rings. The largest absolute Gasteiger partial charge is 0.395 e. The lowest BCUT2D eigenvalue weighted by atomic mass is 10.2. The fraction of sp³-hybridized carbons (Fsp3) is 0.625. The normalized spacial score (nSPS) is 9.18. The molecule has 1 amide bonds. The minimum atomic E-state index is 0.000833. The van der Waals surface area contributed by atoms with Crippen LogP contribution in [0.2, 0.25) is 0 Å². The number of unbranched alkanes of at least 4 members (excludes halogenated alkanes) is 1. The molecule has 0 rings (SSSR count). The molecule has 0 fully saturated rings. The summed E-state index contributed by atoms with van der Waals surface area (Å²) in [4.78, 5) is 10.8. The van der Waals surface area contributed by atoms with Gasteiger partial charge >= 0.3 is 0 Å². The highest BCUT2D eigenvalue weighted by molar-refractivity contribution is 5.75. The second-order valence-electron chi connectivity index (χ2n) is 2.25. The molecule has 0 aliphatic heterocycles. The van der Waals surface area contributed by atoms with Gasteiger partial charge in [0.2, 0.25) is 5.91 Å². The topological polar surface area (TPSA) is 49.3 Å². The molecule has 0 saturated carbocycles. The van der Waals surface area contributed by atoms with Crippen molar-refractivity contribution in [3.8, 4) is 0 Å². The summed E-state index contributed by atoms with van der Waals surface area (Å²) in [6.45, 7) is 3.91. The quantitative estimate of drug-likeness (QED) is 0.434. The third-order valence-electron chi connectivity index (χ3n) is 1.25. The average Bonchev–Trinajstić information content (AvgIpc) is 2.01. The molecular formula is C8H15NO2. The van der Waals surface area contributed by atoms with Crippen LogP contribution in [0.15, 0.2) is 12.7 Å². The molecule has 0 spiro atoms. The van der Waals surface area contributed by atoms with E-state index in [1.54, 1.807) is 6.08 Å². The fourth-order valence-corrected chi connectivity index (χ4v) is 0.691. The first-order chi connectivity index (χ1) is 5.31. The molecule has 0 aliphatic carbocycles. The molecule has 0 aromatic carbocycles. The zero-order valence-corrected chi connectivity index (χ0v) is 6.68. The lowest BCUT2D eigenvalue weighted by Crippen LogP contribution is -2.25. The maximum absolute atomic E-state index is 10.8. The Bertz CT molecular complexity index is 123. The summed E-state index contributed by atoms with van der Waals surface area (Å²) < 4.78 is 0. The first kappa shape index (κ1) is 10.2. The first-order valence-electron chi connectivity index (χ1n) is 3.79. The second kappa shape index (κ2) is 7.28. The van der Waals surface area contributed by atoms with Gasteiger partial charge in [-0.05, 0) is 12.8 Å². The van der Waals surface area contributed by atoms with Gasteiger partial charge < -0.3 is 10.4 Å². The second-order valence-corrected chi connectivity index (χ2v) is 2.25. The Hall–Kier alpha value is -0.830. The van der Waals surface area contributed by atoms with Crippen LogP contribution in [0.5, 0.6) is 0 Å². The van der Waals surface area contributed by atoms with Crippen LogP contribution in [-0.2, 0) is 4.79 Å². The molecule has 0 radical (unpaired) electrons. The van der Waals surface area contributed by atoms with Crippen molar-refractivity contribution in [3.63, 3.8) is 0 Å². The van der Waals surface area contributed by atoms with Crippen LogP contribution < -0.4 is 5.32 Å². The van der Waals surface area contributed by atoms with Crippen LogP contribution in [0, 0.1) is 0 Å². The number of aliphatic hydroxyl groups is 1. The highest BCUT2D eigenvalue weighted by Crippen LogP contribution is 1.94. The van der Waals surface area contributed by atoms with E-state index in [4.69, 9.17) is 5.11 Å². The third kappa shape index (κ3) is 7.06. The predicted octanol–water partition coefficient (Wildman–Crippen LogP) is 0.451. The molecule has 0 heterocycles. The summed E-state index contributed by atoms with van der Waals surface area (Å²) in [6, 6.07) is 0. The Labute approximate surface area is 67.1 Å². The molecule has 0 aliphatic rings. The number of amides is 1.